The maximum Gasteiger partial charge on any atom is 0.255 e. The zero-order valence-corrected chi connectivity index (χ0v) is 14.6. The van der Waals surface area contributed by atoms with Gasteiger partial charge in [0.1, 0.15) is 5.52 Å². The quantitative estimate of drug-likeness (QED) is 0.545. The average molecular weight is 342 g/mol. The van der Waals surface area contributed by atoms with Gasteiger partial charge in [0.2, 0.25) is 5.89 Å². The number of aryl methyl sites for hydroxylation is 2. The molecule has 128 valence electrons. The van der Waals surface area contributed by atoms with Crippen molar-refractivity contribution in [3.05, 3.63) is 83.4 Å². The zero-order valence-electron chi connectivity index (χ0n) is 14.6. The van der Waals surface area contributed by atoms with Gasteiger partial charge in [0.15, 0.2) is 5.58 Å². The first kappa shape index (κ1) is 16.1. The van der Waals surface area contributed by atoms with E-state index in [2.05, 4.69) is 10.3 Å². The fourth-order valence-corrected chi connectivity index (χ4v) is 3.02. The van der Waals surface area contributed by atoms with Gasteiger partial charge in [0.25, 0.3) is 5.91 Å². The van der Waals surface area contributed by atoms with Crippen LogP contribution in [-0.2, 0) is 0 Å². The van der Waals surface area contributed by atoms with Crippen LogP contribution in [0.3, 0.4) is 0 Å². The normalized spacial score (nSPS) is 10.8. The Morgan fingerprint density at radius 3 is 2.38 bits per heavy atom. The molecule has 26 heavy (non-hydrogen) atoms. The van der Waals surface area contributed by atoms with Crippen LogP contribution in [0.25, 0.3) is 22.6 Å². The molecule has 0 fully saturated rings. The predicted octanol–water partition coefficient (Wildman–Crippen LogP) is 5.36. The number of fused-ring (bicyclic) bond motifs is 1. The summed E-state index contributed by atoms with van der Waals surface area (Å²) in [5, 5.41) is 2.93. The van der Waals surface area contributed by atoms with Crippen molar-refractivity contribution >= 4 is 22.7 Å². The third-order valence-electron chi connectivity index (χ3n) is 4.15. The van der Waals surface area contributed by atoms with Gasteiger partial charge in [-0.1, -0.05) is 35.4 Å². The number of aromatic nitrogens is 1. The molecule has 0 saturated carbocycles. The lowest BCUT2D eigenvalue weighted by atomic mass is 10.1. The van der Waals surface area contributed by atoms with Crippen molar-refractivity contribution in [1.29, 1.82) is 0 Å². The summed E-state index contributed by atoms with van der Waals surface area (Å²) in [7, 11) is 0. The maximum absolute atomic E-state index is 12.5. The molecule has 0 bridgehead atoms. The van der Waals surface area contributed by atoms with Crippen LogP contribution in [0.2, 0.25) is 0 Å². The Kier molecular flexibility index (Phi) is 4.01. The molecule has 0 saturated heterocycles. The van der Waals surface area contributed by atoms with Crippen molar-refractivity contribution in [1.82, 2.24) is 4.98 Å². The van der Waals surface area contributed by atoms with Crippen molar-refractivity contribution in [3.8, 4) is 11.5 Å². The number of carbonyl (C=O) groups excluding carboxylic acids is 1. The minimum atomic E-state index is -0.136. The molecule has 4 heteroatoms. The van der Waals surface area contributed by atoms with Crippen LogP contribution in [0.1, 0.15) is 21.5 Å². The molecule has 0 unspecified atom stereocenters. The van der Waals surface area contributed by atoms with Crippen molar-refractivity contribution < 1.29 is 9.21 Å². The van der Waals surface area contributed by atoms with E-state index in [1.807, 2.05) is 80.6 Å². The number of nitrogens with zero attached hydrogens (tertiary/aromatic N) is 1. The highest BCUT2D eigenvalue weighted by Gasteiger charge is 2.11. The second-order valence-electron chi connectivity index (χ2n) is 6.40. The standard InChI is InChI=1S/C22H18N2O2/c1-14-10-15(2)12-17(11-14)21(25)23-18-8-9-20-19(13-18)24-22(26-20)16-6-4-3-5-7-16/h3-13H,1-2H3,(H,23,25). The van der Waals surface area contributed by atoms with Crippen LogP contribution in [-0.4, -0.2) is 10.9 Å². The molecule has 0 aliphatic carbocycles. The van der Waals surface area contributed by atoms with Crippen LogP contribution >= 0.6 is 0 Å². The lowest BCUT2D eigenvalue weighted by Gasteiger charge is -2.07. The predicted molar refractivity (Wildman–Crippen MR) is 103 cm³/mol. The molecule has 4 nitrogen and oxygen atoms in total. The molecular weight excluding hydrogens is 324 g/mol. The summed E-state index contributed by atoms with van der Waals surface area (Å²) >= 11 is 0. The zero-order chi connectivity index (χ0) is 18.1. The molecule has 1 heterocycles. The molecule has 4 aromatic rings. The molecule has 0 radical (unpaired) electrons. The number of oxazole rings is 1. The minimum Gasteiger partial charge on any atom is -0.436 e. The Hall–Kier alpha value is -3.40. The van der Waals surface area contributed by atoms with Gasteiger partial charge in [-0.25, -0.2) is 4.98 Å². The first-order chi connectivity index (χ1) is 12.6. The third kappa shape index (κ3) is 3.22. The monoisotopic (exact) mass is 342 g/mol. The van der Waals surface area contributed by atoms with Crippen molar-refractivity contribution in [2.45, 2.75) is 13.8 Å². The van der Waals surface area contributed by atoms with Crippen molar-refractivity contribution in [2.24, 2.45) is 0 Å². The van der Waals surface area contributed by atoms with E-state index in [4.69, 9.17) is 4.42 Å². The van der Waals surface area contributed by atoms with Gasteiger partial charge in [-0.05, 0) is 56.3 Å². The Balaban J connectivity index is 1.62. The molecule has 0 aliphatic heterocycles. The molecule has 0 aliphatic rings. The average Bonchev–Trinajstić information content (AvgIpc) is 3.05. The van der Waals surface area contributed by atoms with E-state index in [9.17, 15) is 4.79 Å². The Morgan fingerprint density at radius 1 is 0.923 bits per heavy atom. The van der Waals surface area contributed by atoms with Crippen LogP contribution in [0.5, 0.6) is 0 Å². The molecule has 0 atom stereocenters. The molecule has 3 aromatic carbocycles. The van der Waals surface area contributed by atoms with Gasteiger partial charge in [-0.2, -0.15) is 0 Å². The fourth-order valence-electron chi connectivity index (χ4n) is 3.02. The Bertz CT molecular complexity index is 1080. The second kappa shape index (κ2) is 6.48. The number of anilines is 1. The van der Waals surface area contributed by atoms with E-state index in [0.29, 0.717) is 28.2 Å². The number of carbonyl (C=O) groups is 1. The van der Waals surface area contributed by atoms with Gasteiger partial charge < -0.3 is 9.73 Å². The van der Waals surface area contributed by atoms with E-state index < -0.39 is 0 Å². The summed E-state index contributed by atoms with van der Waals surface area (Å²) in [6.07, 6.45) is 0. The van der Waals surface area contributed by atoms with Crippen LogP contribution in [0.4, 0.5) is 5.69 Å². The van der Waals surface area contributed by atoms with Crippen LogP contribution < -0.4 is 5.32 Å². The fraction of sp³-hybridized carbons (Fsp3) is 0.0909. The summed E-state index contributed by atoms with van der Waals surface area (Å²) in [6.45, 7) is 3.96. The molecule has 1 N–H and O–H groups in total. The molecule has 1 amide bonds. The minimum absolute atomic E-state index is 0.136. The van der Waals surface area contributed by atoms with E-state index in [1.165, 1.54) is 0 Å². The van der Waals surface area contributed by atoms with E-state index in [1.54, 1.807) is 0 Å². The summed E-state index contributed by atoms with van der Waals surface area (Å²) in [6, 6.07) is 21.0. The molecule has 4 rings (SSSR count). The third-order valence-corrected chi connectivity index (χ3v) is 4.15. The first-order valence-corrected chi connectivity index (χ1v) is 8.44. The first-order valence-electron chi connectivity index (χ1n) is 8.44. The van der Waals surface area contributed by atoms with Gasteiger partial charge in [0, 0.05) is 16.8 Å². The highest BCUT2D eigenvalue weighted by Crippen LogP contribution is 2.26. The number of benzene rings is 3. The topological polar surface area (TPSA) is 55.1 Å². The summed E-state index contributed by atoms with van der Waals surface area (Å²) in [4.78, 5) is 17.1. The number of nitrogens with one attached hydrogen (secondary N) is 1. The van der Waals surface area contributed by atoms with Crippen molar-refractivity contribution in [3.63, 3.8) is 0 Å². The highest BCUT2D eigenvalue weighted by molar-refractivity contribution is 6.05. The molecular formula is C22H18N2O2. The molecule has 1 aromatic heterocycles. The summed E-state index contributed by atoms with van der Waals surface area (Å²) in [5.74, 6) is 0.432. The summed E-state index contributed by atoms with van der Waals surface area (Å²) in [5.41, 5.74) is 5.78. The maximum atomic E-state index is 12.5. The lowest BCUT2D eigenvalue weighted by molar-refractivity contribution is 0.102. The van der Waals surface area contributed by atoms with Crippen LogP contribution in [0.15, 0.2) is 71.1 Å². The highest BCUT2D eigenvalue weighted by atomic mass is 16.3. The lowest BCUT2D eigenvalue weighted by Crippen LogP contribution is -2.12. The van der Waals surface area contributed by atoms with Gasteiger partial charge in [-0.3, -0.25) is 4.79 Å². The molecule has 0 spiro atoms. The number of hydrogen-bond donors (Lipinski definition) is 1. The number of rotatable bonds is 3. The largest absolute Gasteiger partial charge is 0.436 e. The van der Waals surface area contributed by atoms with E-state index in [-0.39, 0.29) is 5.91 Å². The summed E-state index contributed by atoms with van der Waals surface area (Å²) < 4.78 is 5.81. The number of amides is 1. The van der Waals surface area contributed by atoms with Gasteiger partial charge in [-0.15, -0.1) is 0 Å². The van der Waals surface area contributed by atoms with E-state index >= 15 is 0 Å². The second-order valence-corrected chi connectivity index (χ2v) is 6.40. The van der Waals surface area contributed by atoms with E-state index in [0.717, 1.165) is 16.7 Å². The smallest absolute Gasteiger partial charge is 0.255 e. The van der Waals surface area contributed by atoms with Gasteiger partial charge >= 0.3 is 0 Å². The SMILES string of the molecule is Cc1cc(C)cc(C(=O)Nc2ccc3oc(-c4ccccc4)nc3c2)c1. The van der Waals surface area contributed by atoms with Crippen molar-refractivity contribution in [2.75, 3.05) is 5.32 Å². The Labute approximate surface area is 151 Å². The Morgan fingerprint density at radius 2 is 1.65 bits per heavy atom. The van der Waals surface area contributed by atoms with Gasteiger partial charge in [0.05, 0.1) is 0 Å². The number of hydrogen-bond acceptors (Lipinski definition) is 3. The van der Waals surface area contributed by atoms with Crippen LogP contribution in [0, 0.1) is 13.8 Å².